The number of hydrogen-bond donors (Lipinski definition) is 1. The molecule has 0 heterocycles. The van der Waals surface area contributed by atoms with Gasteiger partial charge in [-0.05, 0) is 18.9 Å². The molecular formula is C9H20OSi. The highest BCUT2D eigenvalue weighted by atomic mass is 28.2. The van der Waals surface area contributed by atoms with Crippen LogP contribution in [0.1, 0.15) is 39.0 Å². The van der Waals surface area contributed by atoms with Crippen LogP contribution >= 0.6 is 0 Å². The number of hydrogen-bond acceptors (Lipinski definition) is 1. The van der Waals surface area contributed by atoms with Gasteiger partial charge in [-0.3, -0.25) is 0 Å². The Bertz CT molecular complexity index is 91.6. The van der Waals surface area contributed by atoms with E-state index in [1.807, 2.05) is 0 Å². The first-order valence-corrected chi connectivity index (χ1v) is 6.31. The van der Waals surface area contributed by atoms with Gasteiger partial charge < -0.3 is 4.80 Å². The van der Waals surface area contributed by atoms with E-state index in [4.69, 9.17) is 4.80 Å². The van der Waals surface area contributed by atoms with Crippen LogP contribution in [0.5, 0.6) is 0 Å². The lowest BCUT2D eigenvalue weighted by atomic mass is 10.2. The molecule has 0 aromatic rings. The second-order valence-corrected chi connectivity index (χ2v) is 3.99. The van der Waals surface area contributed by atoms with E-state index in [9.17, 15) is 0 Å². The maximum Gasteiger partial charge on any atom is 0.156 e. The first-order valence-electron chi connectivity index (χ1n) is 4.67. The maximum atomic E-state index is 8.62. The van der Waals surface area contributed by atoms with E-state index in [0.717, 1.165) is 12.5 Å². The topological polar surface area (TPSA) is 20.2 Å². The summed E-state index contributed by atoms with van der Waals surface area (Å²) in [5, 5.41) is 0. The second kappa shape index (κ2) is 9.92. The lowest BCUT2D eigenvalue weighted by Gasteiger charge is -1.91. The van der Waals surface area contributed by atoms with Crippen molar-refractivity contribution in [3.05, 3.63) is 12.2 Å². The summed E-state index contributed by atoms with van der Waals surface area (Å²) >= 11 is 0. The van der Waals surface area contributed by atoms with Crippen LogP contribution in [0.25, 0.3) is 0 Å². The van der Waals surface area contributed by atoms with Gasteiger partial charge in [-0.25, -0.2) is 0 Å². The summed E-state index contributed by atoms with van der Waals surface area (Å²) in [6.07, 6.45) is 10.7. The Balaban J connectivity index is 2.91. The third-order valence-corrected chi connectivity index (χ3v) is 2.49. The molecule has 0 spiro atoms. The zero-order valence-corrected chi connectivity index (χ0v) is 8.97. The molecule has 2 heteroatoms. The highest BCUT2D eigenvalue weighted by Gasteiger charge is 1.83. The van der Waals surface area contributed by atoms with E-state index >= 15 is 0 Å². The van der Waals surface area contributed by atoms with Crippen LogP contribution in [0.3, 0.4) is 0 Å². The van der Waals surface area contributed by atoms with Gasteiger partial charge in [0.25, 0.3) is 0 Å². The van der Waals surface area contributed by atoms with Crippen LogP contribution in [0.4, 0.5) is 0 Å². The molecule has 0 aromatic heterocycles. The Kier molecular flexibility index (Phi) is 9.84. The molecule has 0 aliphatic carbocycles. The number of rotatable bonds is 7. The maximum absolute atomic E-state index is 8.62. The van der Waals surface area contributed by atoms with Crippen LogP contribution in [0.15, 0.2) is 12.2 Å². The predicted molar refractivity (Wildman–Crippen MR) is 53.5 cm³/mol. The lowest BCUT2D eigenvalue weighted by Crippen LogP contribution is -1.83. The summed E-state index contributed by atoms with van der Waals surface area (Å²) in [5.41, 5.74) is 0. The molecule has 66 valence electrons. The second-order valence-electron chi connectivity index (χ2n) is 2.83. The fraction of sp³-hybridized carbons (Fsp3) is 0.778. The molecular weight excluding hydrogens is 152 g/mol. The third kappa shape index (κ3) is 9.92. The molecule has 0 aromatic carbocycles. The van der Waals surface area contributed by atoms with Gasteiger partial charge in [0, 0.05) is 0 Å². The van der Waals surface area contributed by atoms with Crippen LogP contribution in [-0.2, 0) is 0 Å². The van der Waals surface area contributed by atoms with Crippen LogP contribution in [-0.4, -0.2) is 14.6 Å². The molecule has 0 aliphatic rings. The molecule has 11 heavy (non-hydrogen) atoms. The molecule has 0 aliphatic heterocycles. The predicted octanol–water partition coefficient (Wildman–Crippen LogP) is 2.01. The van der Waals surface area contributed by atoms with Gasteiger partial charge in [-0.2, -0.15) is 0 Å². The SMILES string of the molecule is CCCCC=CCCC[SiH2]O. The van der Waals surface area contributed by atoms with Gasteiger partial charge in [0.2, 0.25) is 0 Å². The quantitative estimate of drug-likeness (QED) is 0.354. The minimum Gasteiger partial charge on any atom is -0.438 e. The highest BCUT2D eigenvalue weighted by Crippen LogP contribution is 1.99. The number of unbranched alkanes of at least 4 members (excludes halogenated alkanes) is 3. The standard InChI is InChI=1S/C9H20OSi/c1-2-3-4-5-6-7-8-9-11-10/h5-6,10H,2-4,7-9,11H2,1H3. The van der Waals surface area contributed by atoms with Gasteiger partial charge in [0.05, 0.1) is 0 Å². The van der Waals surface area contributed by atoms with Gasteiger partial charge in [-0.15, -0.1) is 0 Å². The van der Waals surface area contributed by atoms with E-state index in [0.29, 0.717) is 0 Å². The molecule has 0 bridgehead atoms. The van der Waals surface area contributed by atoms with Crippen LogP contribution in [0, 0.1) is 0 Å². The summed E-state index contributed by atoms with van der Waals surface area (Å²) in [6.45, 7) is 2.21. The Morgan fingerprint density at radius 3 is 2.36 bits per heavy atom. The molecule has 0 saturated heterocycles. The van der Waals surface area contributed by atoms with Crippen molar-refractivity contribution in [2.24, 2.45) is 0 Å². The third-order valence-electron chi connectivity index (χ3n) is 1.67. The lowest BCUT2D eigenvalue weighted by molar-refractivity contribution is 0.596. The van der Waals surface area contributed by atoms with Crippen molar-refractivity contribution in [1.29, 1.82) is 0 Å². The van der Waals surface area contributed by atoms with E-state index in [1.165, 1.54) is 25.7 Å². The summed E-state index contributed by atoms with van der Waals surface area (Å²) in [4.78, 5) is 8.62. The fourth-order valence-electron chi connectivity index (χ4n) is 0.932. The smallest absolute Gasteiger partial charge is 0.156 e. The van der Waals surface area contributed by atoms with Gasteiger partial charge in [0.1, 0.15) is 0 Å². The van der Waals surface area contributed by atoms with E-state index in [-0.39, 0.29) is 0 Å². The molecule has 0 atom stereocenters. The first kappa shape index (κ1) is 10.9. The Labute approximate surface area is 72.5 Å². The average Bonchev–Trinajstić information content (AvgIpc) is 2.03. The van der Waals surface area contributed by atoms with Crippen molar-refractivity contribution in [3.63, 3.8) is 0 Å². The van der Waals surface area contributed by atoms with Crippen molar-refractivity contribution < 1.29 is 4.80 Å². The Morgan fingerprint density at radius 2 is 1.82 bits per heavy atom. The van der Waals surface area contributed by atoms with E-state index in [2.05, 4.69) is 19.1 Å². The molecule has 0 fully saturated rings. The van der Waals surface area contributed by atoms with Crippen LogP contribution in [0.2, 0.25) is 6.04 Å². The Hall–Kier alpha value is -0.0831. The minimum absolute atomic E-state index is 0.664. The molecule has 0 saturated carbocycles. The van der Waals surface area contributed by atoms with E-state index in [1.54, 1.807) is 0 Å². The average molecular weight is 172 g/mol. The summed E-state index contributed by atoms with van der Waals surface area (Å²) in [6, 6.07) is 1.08. The normalized spacial score (nSPS) is 12.2. The van der Waals surface area contributed by atoms with Crippen molar-refractivity contribution in [3.8, 4) is 0 Å². The molecule has 0 unspecified atom stereocenters. The number of allylic oxidation sites excluding steroid dienone is 2. The monoisotopic (exact) mass is 172 g/mol. The van der Waals surface area contributed by atoms with Gasteiger partial charge in [0.15, 0.2) is 9.76 Å². The fourth-order valence-corrected chi connectivity index (χ4v) is 1.44. The van der Waals surface area contributed by atoms with Crippen molar-refractivity contribution in [2.45, 2.75) is 45.1 Å². The molecule has 0 amide bonds. The van der Waals surface area contributed by atoms with Gasteiger partial charge >= 0.3 is 0 Å². The van der Waals surface area contributed by atoms with Crippen molar-refractivity contribution in [1.82, 2.24) is 0 Å². The largest absolute Gasteiger partial charge is 0.438 e. The molecule has 0 radical (unpaired) electrons. The summed E-state index contributed by atoms with van der Waals surface area (Å²) < 4.78 is 0. The van der Waals surface area contributed by atoms with Crippen molar-refractivity contribution >= 4 is 9.76 Å². The minimum atomic E-state index is -0.664. The zero-order chi connectivity index (χ0) is 8.36. The summed E-state index contributed by atoms with van der Waals surface area (Å²) in [5.74, 6) is 0. The zero-order valence-electron chi connectivity index (χ0n) is 7.55. The summed E-state index contributed by atoms with van der Waals surface area (Å²) in [7, 11) is -0.664. The van der Waals surface area contributed by atoms with Crippen LogP contribution < -0.4 is 0 Å². The molecule has 1 N–H and O–H groups in total. The molecule has 0 rings (SSSR count). The van der Waals surface area contributed by atoms with Gasteiger partial charge in [-0.1, -0.05) is 38.3 Å². The highest BCUT2D eigenvalue weighted by molar-refractivity contribution is 6.25. The van der Waals surface area contributed by atoms with E-state index < -0.39 is 9.76 Å². The molecule has 1 nitrogen and oxygen atoms in total. The first-order chi connectivity index (χ1) is 5.41. The van der Waals surface area contributed by atoms with Crippen molar-refractivity contribution in [2.75, 3.05) is 0 Å². The Morgan fingerprint density at radius 1 is 1.18 bits per heavy atom.